The lowest BCUT2D eigenvalue weighted by Gasteiger charge is -2.03. The van der Waals surface area contributed by atoms with E-state index in [1.807, 2.05) is 24.4 Å². The lowest BCUT2D eigenvalue weighted by atomic mass is 10.3. The average Bonchev–Trinajstić information content (AvgIpc) is 2.67. The fraction of sp³-hybridized carbons (Fsp3) is 0.200. The van der Waals surface area contributed by atoms with Gasteiger partial charge in [0.05, 0.1) is 17.6 Å². The molecule has 0 atom stereocenters. The first-order valence-electron chi connectivity index (χ1n) is 4.77. The van der Waals surface area contributed by atoms with Crippen LogP contribution >= 0.6 is 31.9 Å². The predicted octanol–water partition coefficient (Wildman–Crippen LogP) is 2.29. The van der Waals surface area contributed by atoms with E-state index < -0.39 is 0 Å². The maximum atomic E-state index is 5.47. The number of rotatable bonds is 3. The third kappa shape index (κ3) is 2.50. The largest absolute Gasteiger partial charge is 0.330 e. The second-order valence-electron chi connectivity index (χ2n) is 3.29. The van der Waals surface area contributed by atoms with Gasteiger partial charge in [0.1, 0.15) is 0 Å². The smallest absolute Gasteiger partial charge is 0.0844 e. The van der Waals surface area contributed by atoms with Gasteiger partial charge in [0.15, 0.2) is 0 Å². The topological polar surface area (TPSA) is 56.7 Å². The Kier molecular flexibility index (Phi) is 3.73. The van der Waals surface area contributed by atoms with Gasteiger partial charge in [0, 0.05) is 15.4 Å². The first-order chi connectivity index (χ1) is 7.70. The molecule has 0 spiro atoms. The zero-order valence-corrected chi connectivity index (χ0v) is 11.6. The van der Waals surface area contributed by atoms with Crippen molar-refractivity contribution in [1.29, 1.82) is 0 Å². The fourth-order valence-corrected chi connectivity index (χ4v) is 2.57. The Morgan fingerprint density at radius 1 is 1.31 bits per heavy atom. The fourth-order valence-electron chi connectivity index (χ4n) is 1.35. The quantitative estimate of drug-likeness (QED) is 0.928. The van der Waals surface area contributed by atoms with Crippen LogP contribution in [0.15, 0.2) is 33.3 Å². The highest BCUT2D eigenvalue weighted by molar-refractivity contribution is 9.11. The van der Waals surface area contributed by atoms with Gasteiger partial charge >= 0.3 is 0 Å². The van der Waals surface area contributed by atoms with Gasteiger partial charge < -0.3 is 5.73 Å². The third-order valence-electron chi connectivity index (χ3n) is 2.10. The van der Waals surface area contributed by atoms with Crippen LogP contribution < -0.4 is 5.73 Å². The summed E-state index contributed by atoms with van der Waals surface area (Å²) in [6.45, 7) is 0.584. The number of aromatic nitrogens is 3. The van der Waals surface area contributed by atoms with Crippen molar-refractivity contribution in [2.75, 3.05) is 6.54 Å². The first kappa shape index (κ1) is 11.8. The molecule has 0 radical (unpaired) electrons. The van der Waals surface area contributed by atoms with E-state index in [0.29, 0.717) is 6.54 Å². The minimum atomic E-state index is 0.584. The Bertz CT molecular complexity index is 495. The summed E-state index contributed by atoms with van der Waals surface area (Å²) in [5.41, 5.74) is 7.32. The molecule has 0 fully saturated rings. The monoisotopic (exact) mass is 344 g/mol. The van der Waals surface area contributed by atoms with Crippen molar-refractivity contribution in [3.63, 3.8) is 0 Å². The van der Waals surface area contributed by atoms with E-state index in [0.717, 1.165) is 26.7 Å². The number of nitrogens with two attached hydrogens (primary N) is 1. The number of nitrogens with zero attached hydrogens (tertiary/aromatic N) is 3. The molecule has 0 aliphatic heterocycles. The molecule has 0 aliphatic carbocycles. The molecule has 2 aromatic rings. The lowest BCUT2D eigenvalue weighted by molar-refractivity contribution is 0.792. The molecule has 0 bridgehead atoms. The Morgan fingerprint density at radius 3 is 2.81 bits per heavy atom. The van der Waals surface area contributed by atoms with Crippen LogP contribution in [0.25, 0.3) is 5.69 Å². The van der Waals surface area contributed by atoms with E-state index in [-0.39, 0.29) is 0 Å². The predicted molar refractivity (Wildman–Crippen MR) is 69.5 cm³/mol. The molecular formula is C10H10Br2N4. The van der Waals surface area contributed by atoms with E-state index in [9.17, 15) is 0 Å². The minimum absolute atomic E-state index is 0.584. The van der Waals surface area contributed by atoms with Crippen molar-refractivity contribution in [2.24, 2.45) is 5.73 Å². The summed E-state index contributed by atoms with van der Waals surface area (Å²) in [4.78, 5) is 0. The van der Waals surface area contributed by atoms with Crippen molar-refractivity contribution in [3.8, 4) is 5.69 Å². The maximum Gasteiger partial charge on any atom is 0.0844 e. The summed E-state index contributed by atoms with van der Waals surface area (Å²) in [5, 5.41) is 8.11. The van der Waals surface area contributed by atoms with Gasteiger partial charge in [-0.25, -0.2) is 4.68 Å². The van der Waals surface area contributed by atoms with Crippen molar-refractivity contribution in [3.05, 3.63) is 39.0 Å². The van der Waals surface area contributed by atoms with Crippen LogP contribution in [0.5, 0.6) is 0 Å². The number of hydrogen-bond acceptors (Lipinski definition) is 3. The summed E-state index contributed by atoms with van der Waals surface area (Å²) >= 11 is 6.90. The third-order valence-corrected chi connectivity index (χ3v) is 3.23. The summed E-state index contributed by atoms with van der Waals surface area (Å²) < 4.78 is 3.72. The molecule has 0 amide bonds. The first-order valence-corrected chi connectivity index (χ1v) is 6.36. The van der Waals surface area contributed by atoms with Crippen LogP contribution in [0.4, 0.5) is 0 Å². The molecule has 4 nitrogen and oxygen atoms in total. The van der Waals surface area contributed by atoms with Crippen LogP contribution in [0.3, 0.4) is 0 Å². The standard InChI is InChI=1S/C10H10Br2N4/c11-7-1-2-10(9(12)5-7)16-6-8(3-4-13)14-15-16/h1-2,5-6H,3-4,13H2. The highest BCUT2D eigenvalue weighted by Crippen LogP contribution is 2.24. The van der Waals surface area contributed by atoms with Crippen LogP contribution in [0.1, 0.15) is 5.69 Å². The van der Waals surface area contributed by atoms with Crippen LogP contribution in [0, 0.1) is 0 Å². The minimum Gasteiger partial charge on any atom is -0.330 e. The Balaban J connectivity index is 2.35. The molecule has 16 heavy (non-hydrogen) atoms. The number of halogens is 2. The Morgan fingerprint density at radius 2 is 2.12 bits per heavy atom. The molecule has 6 heteroatoms. The van der Waals surface area contributed by atoms with Gasteiger partial charge in [-0.2, -0.15) is 0 Å². The van der Waals surface area contributed by atoms with Gasteiger partial charge in [-0.3, -0.25) is 0 Å². The van der Waals surface area contributed by atoms with E-state index in [2.05, 4.69) is 42.2 Å². The molecule has 0 unspecified atom stereocenters. The van der Waals surface area contributed by atoms with Gasteiger partial charge in [-0.15, -0.1) is 5.10 Å². The lowest BCUT2D eigenvalue weighted by Crippen LogP contribution is -2.02. The molecule has 1 heterocycles. The van der Waals surface area contributed by atoms with Crippen molar-refractivity contribution < 1.29 is 0 Å². The molecule has 2 N–H and O–H groups in total. The highest BCUT2D eigenvalue weighted by Gasteiger charge is 2.06. The van der Waals surface area contributed by atoms with Crippen molar-refractivity contribution >= 4 is 31.9 Å². The molecule has 0 saturated carbocycles. The van der Waals surface area contributed by atoms with E-state index in [1.54, 1.807) is 4.68 Å². The maximum absolute atomic E-state index is 5.47. The summed E-state index contributed by atoms with van der Waals surface area (Å²) in [5.74, 6) is 0. The van der Waals surface area contributed by atoms with Crippen LogP contribution in [-0.2, 0) is 6.42 Å². The second-order valence-corrected chi connectivity index (χ2v) is 5.06. The Hall–Kier alpha value is -0.720. The van der Waals surface area contributed by atoms with Crippen LogP contribution in [0.2, 0.25) is 0 Å². The van der Waals surface area contributed by atoms with Gasteiger partial charge in [0.2, 0.25) is 0 Å². The van der Waals surface area contributed by atoms with Crippen molar-refractivity contribution in [1.82, 2.24) is 15.0 Å². The van der Waals surface area contributed by atoms with Crippen LogP contribution in [-0.4, -0.2) is 21.5 Å². The molecule has 2 rings (SSSR count). The molecule has 1 aromatic carbocycles. The molecule has 0 aliphatic rings. The van der Waals surface area contributed by atoms with E-state index in [1.165, 1.54) is 0 Å². The average molecular weight is 346 g/mol. The summed E-state index contributed by atoms with van der Waals surface area (Å²) in [6.07, 6.45) is 2.63. The van der Waals surface area contributed by atoms with E-state index >= 15 is 0 Å². The molecular weight excluding hydrogens is 336 g/mol. The summed E-state index contributed by atoms with van der Waals surface area (Å²) in [7, 11) is 0. The second kappa shape index (κ2) is 5.07. The zero-order valence-electron chi connectivity index (χ0n) is 8.40. The van der Waals surface area contributed by atoms with Gasteiger partial charge in [-0.05, 0) is 40.7 Å². The zero-order chi connectivity index (χ0) is 11.5. The number of hydrogen-bond donors (Lipinski definition) is 1. The van der Waals surface area contributed by atoms with Gasteiger partial charge in [0.25, 0.3) is 0 Å². The SMILES string of the molecule is NCCc1cn(-c2ccc(Br)cc2Br)nn1. The van der Waals surface area contributed by atoms with Crippen molar-refractivity contribution in [2.45, 2.75) is 6.42 Å². The summed E-state index contributed by atoms with van der Waals surface area (Å²) in [6, 6.07) is 5.90. The Labute approximate surface area is 110 Å². The normalized spacial score (nSPS) is 10.7. The molecule has 0 saturated heterocycles. The highest BCUT2D eigenvalue weighted by atomic mass is 79.9. The molecule has 84 valence electrons. The number of benzene rings is 1. The van der Waals surface area contributed by atoms with E-state index in [4.69, 9.17) is 5.73 Å². The van der Waals surface area contributed by atoms with Gasteiger partial charge in [-0.1, -0.05) is 21.1 Å². The molecule has 1 aromatic heterocycles.